The van der Waals surface area contributed by atoms with Gasteiger partial charge in [-0.1, -0.05) is 27.7 Å². The highest BCUT2D eigenvalue weighted by Gasteiger charge is 2.20. The maximum Gasteiger partial charge on any atom is 0.220 e. The summed E-state index contributed by atoms with van der Waals surface area (Å²) in [6.07, 6.45) is 1.72. The Kier molecular flexibility index (Phi) is 4.82. The van der Waals surface area contributed by atoms with E-state index < -0.39 is 0 Å². The van der Waals surface area contributed by atoms with E-state index in [9.17, 15) is 4.79 Å². The van der Waals surface area contributed by atoms with E-state index in [0.29, 0.717) is 17.8 Å². The van der Waals surface area contributed by atoms with Crippen molar-refractivity contribution in [2.45, 2.75) is 66.8 Å². The van der Waals surface area contributed by atoms with Crippen LogP contribution in [0.3, 0.4) is 0 Å². The van der Waals surface area contributed by atoms with Gasteiger partial charge in [0, 0.05) is 12.0 Å². The first-order valence-corrected chi connectivity index (χ1v) is 5.81. The van der Waals surface area contributed by atoms with Crippen LogP contribution in [0.15, 0.2) is 0 Å². The Hall–Kier alpha value is -0.530. The highest BCUT2D eigenvalue weighted by atomic mass is 16.1. The molecule has 0 aliphatic heterocycles. The van der Waals surface area contributed by atoms with Gasteiger partial charge >= 0.3 is 0 Å². The van der Waals surface area contributed by atoms with Crippen molar-refractivity contribution in [3.63, 3.8) is 0 Å². The molecule has 1 unspecified atom stereocenters. The van der Waals surface area contributed by atoms with Crippen LogP contribution in [0.25, 0.3) is 0 Å². The molecule has 0 aromatic rings. The van der Waals surface area contributed by atoms with E-state index in [4.69, 9.17) is 0 Å². The molecule has 0 aliphatic rings. The van der Waals surface area contributed by atoms with Crippen LogP contribution >= 0.6 is 0 Å². The first-order chi connectivity index (χ1) is 6.49. The molecule has 1 N–H and O–H groups in total. The predicted octanol–water partition coefficient (Wildman–Crippen LogP) is 3.36. The van der Waals surface area contributed by atoms with Gasteiger partial charge in [-0.25, -0.2) is 0 Å². The quantitative estimate of drug-likeness (QED) is 0.765. The molecule has 0 fully saturated rings. The number of rotatable bonds is 3. The summed E-state index contributed by atoms with van der Waals surface area (Å²) >= 11 is 0. The first kappa shape index (κ1) is 14.5. The van der Waals surface area contributed by atoms with Gasteiger partial charge in [-0.2, -0.15) is 0 Å². The molecular weight excluding hydrogens is 186 g/mol. The van der Waals surface area contributed by atoms with Crippen molar-refractivity contribution in [2.75, 3.05) is 0 Å². The van der Waals surface area contributed by atoms with Gasteiger partial charge in [-0.05, 0) is 38.5 Å². The zero-order chi connectivity index (χ0) is 12.3. The molecule has 0 saturated carbocycles. The number of hydrogen-bond donors (Lipinski definition) is 1. The third-order valence-corrected chi connectivity index (χ3v) is 2.01. The summed E-state index contributed by atoms with van der Waals surface area (Å²) < 4.78 is 0. The summed E-state index contributed by atoms with van der Waals surface area (Å²) in [4.78, 5) is 11.6. The van der Waals surface area contributed by atoms with Crippen LogP contribution in [-0.4, -0.2) is 11.4 Å². The molecule has 0 rings (SSSR count). The topological polar surface area (TPSA) is 29.1 Å². The average Bonchev–Trinajstić information content (AvgIpc) is 1.73. The van der Waals surface area contributed by atoms with Crippen molar-refractivity contribution in [1.29, 1.82) is 0 Å². The maximum absolute atomic E-state index is 11.6. The van der Waals surface area contributed by atoms with E-state index in [2.05, 4.69) is 33.0 Å². The normalized spacial score (nSPS) is 14.9. The van der Waals surface area contributed by atoms with Crippen molar-refractivity contribution >= 4 is 5.91 Å². The summed E-state index contributed by atoms with van der Waals surface area (Å²) in [6.45, 7) is 14.8. The van der Waals surface area contributed by atoms with Crippen LogP contribution < -0.4 is 5.32 Å². The Balaban J connectivity index is 3.98. The van der Waals surface area contributed by atoms with Gasteiger partial charge in [0.25, 0.3) is 0 Å². The standard InChI is InChI=1S/C13H27NO/c1-10(9-12(2,3)4)8-11(15)14-13(5,6)7/h10H,8-9H2,1-7H3,(H,14,15). The lowest BCUT2D eigenvalue weighted by atomic mass is 9.84. The molecule has 2 nitrogen and oxygen atoms in total. The molecule has 0 aromatic heterocycles. The minimum atomic E-state index is -0.113. The van der Waals surface area contributed by atoms with Gasteiger partial charge in [0.2, 0.25) is 5.91 Å². The second-order valence-corrected chi connectivity index (χ2v) is 6.87. The molecule has 0 saturated heterocycles. The van der Waals surface area contributed by atoms with Crippen molar-refractivity contribution in [2.24, 2.45) is 11.3 Å². The molecule has 0 aliphatic carbocycles. The summed E-state index contributed by atoms with van der Waals surface area (Å²) in [7, 11) is 0. The van der Waals surface area contributed by atoms with Crippen molar-refractivity contribution in [3.05, 3.63) is 0 Å². The van der Waals surface area contributed by atoms with E-state index in [1.54, 1.807) is 0 Å². The minimum Gasteiger partial charge on any atom is -0.352 e. The highest BCUT2D eigenvalue weighted by Crippen LogP contribution is 2.25. The third-order valence-electron chi connectivity index (χ3n) is 2.01. The molecule has 0 aromatic carbocycles. The van der Waals surface area contributed by atoms with Gasteiger partial charge in [0.05, 0.1) is 0 Å². The largest absolute Gasteiger partial charge is 0.352 e. The van der Waals surface area contributed by atoms with E-state index in [1.165, 1.54) is 0 Å². The molecule has 0 radical (unpaired) electrons. The number of hydrogen-bond acceptors (Lipinski definition) is 1. The van der Waals surface area contributed by atoms with Crippen LogP contribution in [0, 0.1) is 11.3 Å². The fraction of sp³-hybridized carbons (Fsp3) is 0.923. The lowest BCUT2D eigenvalue weighted by molar-refractivity contribution is -0.123. The SMILES string of the molecule is CC(CC(=O)NC(C)(C)C)CC(C)(C)C. The molecule has 1 atom stereocenters. The van der Waals surface area contributed by atoms with Crippen molar-refractivity contribution in [3.8, 4) is 0 Å². The van der Waals surface area contributed by atoms with Crippen molar-refractivity contribution in [1.82, 2.24) is 5.32 Å². The van der Waals surface area contributed by atoms with Crippen LogP contribution in [0.1, 0.15) is 61.3 Å². The summed E-state index contributed by atoms with van der Waals surface area (Å²) in [5.41, 5.74) is 0.194. The van der Waals surface area contributed by atoms with Gasteiger partial charge < -0.3 is 5.32 Å². The van der Waals surface area contributed by atoms with Crippen molar-refractivity contribution < 1.29 is 4.79 Å². The van der Waals surface area contributed by atoms with Gasteiger partial charge in [0.15, 0.2) is 0 Å². The maximum atomic E-state index is 11.6. The predicted molar refractivity (Wildman–Crippen MR) is 65.7 cm³/mol. The number of nitrogens with one attached hydrogen (secondary N) is 1. The number of carbonyl (C=O) groups excluding carboxylic acids is 1. The van der Waals surface area contributed by atoms with E-state index in [-0.39, 0.29) is 11.4 Å². The van der Waals surface area contributed by atoms with E-state index in [1.807, 2.05) is 20.8 Å². The second kappa shape index (κ2) is 5.00. The summed E-state index contributed by atoms with van der Waals surface area (Å²) in [5, 5.41) is 3.00. The van der Waals surface area contributed by atoms with Gasteiger partial charge in [-0.3, -0.25) is 4.79 Å². The molecule has 15 heavy (non-hydrogen) atoms. The lowest BCUT2D eigenvalue weighted by Crippen LogP contribution is -2.41. The summed E-state index contributed by atoms with van der Waals surface area (Å²) in [6, 6.07) is 0. The molecule has 90 valence electrons. The molecule has 1 amide bonds. The smallest absolute Gasteiger partial charge is 0.220 e. The second-order valence-electron chi connectivity index (χ2n) is 6.87. The summed E-state index contributed by atoms with van der Waals surface area (Å²) in [5.74, 6) is 0.617. The van der Waals surface area contributed by atoms with Gasteiger partial charge in [-0.15, -0.1) is 0 Å². The minimum absolute atomic E-state index is 0.113. The zero-order valence-corrected chi connectivity index (χ0v) is 11.4. The van der Waals surface area contributed by atoms with Crippen LogP contribution in [0.2, 0.25) is 0 Å². The first-order valence-electron chi connectivity index (χ1n) is 5.81. The third kappa shape index (κ3) is 9.77. The fourth-order valence-corrected chi connectivity index (χ4v) is 1.90. The van der Waals surface area contributed by atoms with E-state index in [0.717, 1.165) is 6.42 Å². The number of amides is 1. The molecule has 0 heterocycles. The molecule has 2 heteroatoms. The lowest BCUT2D eigenvalue weighted by Gasteiger charge is -2.25. The highest BCUT2D eigenvalue weighted by molar-refractivity contribution is 5.76. The Bertz CT molecular complexity index is 208. The average molecular weight is 213 g/mol. The molecular formula is C13H27NO. The van der Waals surface area contributed by atoms with Crippen LogP contribution in [0.4, 0.5) is 0 Å². The van der Waals surface area contributed by atoms with Crippen LogP contribution in [0.5, 0.6) is 0 Å². The van der Waals surface area contributed by atoms with Gasteiger partial charge in [0.1, 0.15) is 0 Å². The molecule has 0 bridgehead atoms. The Labute approximate surface area is 94.8 Å². The number of carbonyl (C=O) groups is 1. The Morgan fingerprint density at radius 1 is 1.13 bits per heavy atom. The Morgan fingerprint density at radius 3 is 1.93 bits per heavy atom. The van der Waals surface area contributed by atoms with Crippen LogP contribution in [-0.2, 0) is 4.79 Å². The molecule has 0 spiro atoms. The zero-order valence-electron chi connectivity index (χ0n) is 11.4. The fourth-order valence-electron chi connectivity index (χ4n) is 1.90. The van der Waals surface area contributed by atoms with E-state index >= 15 is 0 Å². The Morgan fingerprint density at radius 2 is 1.60 bits per heavy atom. The monoisotopic (exact) mass is 213 g/mol.